The molecule has 7 heteroatoms. The van der Waals surface area contributed by atoms with Crippen molar-refractivity contribution in [3.63, 3.8) is 0 Å². The van der Waals surface area contributed by atoms with Crippen LogP contribution < -0.4 is 9.64 Å². The number of aryl methyl sites for hydroxylation is 1. The Balaban J connectivity index is 1.53. The summed E-state index contributed by atoms with van der Waals surface area (Å²) in [6, 6.07) is 11.4. The highest BCUT2D eigenvalue weighted by Crippen LogP contribution is 2.21. The van der Waals surface area contributed by atoms with Crippen LogP contribution in [0.2, 0.25) is 0 Å². The maximum atomic E-state index is 12.7. The van der Waals surface area contributed by atoms with E-state index in [9.17, 15) is 4.79 Å². The Hall–Kier alpha value is -3.09. The normalized spacial score (nSPS) is 13.9. The molecule has 0 saturated heterocycles. The third-order valence-electron chi connectivity index (χ3n) is 4.03. The third-order valence-corrected chi connectivity index (χ3v) is 4.03. The molecule has 0 bridgehead atoms. The maximum Gasteiger partial charge on any atom is 0.277 e. The van der Waals surface area contributed by atoms with Crippen molar-refractivity contribution in [2.24, 2.45) is 7.05 Å². The minimum Gasteiger partial charge on any atom is -0.487 e. The minimum atomic E-state index is -0.0664. The van der Waals surface area contributed by atoms with Crippen LogP contribution in [0.5, 0.6) is 5.75 Å². The van der Waals surface area contributed by atoms with Crippen LogP contribution in [0.15, 0.2) is 48.9 Å². The van der Waals surface area contributed by atoms with Crippen molar-refractivity contribution in [3.8, 4) is 5.75 Å². The summed E-state index contributed by atoms with van der Waals surface area (Å²) in [6.07, 6.45) is 3.39. The number of carbonyl (C=O) groups excluding carboxylic acids is 1. The van der Waals surface area contributed by atoms with Gasteiger partial charge in [-0.3, -0.25) is 14.4 Å². The Morgan fingerprint density at radius 2 is 2.04 bits per heavy atom. The van der Waals surface area contributed by atoms with E-state index in [1.54, 1.807) is 28.2 Å². The lowest BCUT2D eigenvalue weighted by Gasteiger charge is -2.27. The van der Waals surface area contributed by atoms with Crippen LogP contribution in [0.25, 0.3) is 0 Å². The van der Waals surface area contributed by atoms with Crippen molar-refractivity contribution in [1.82, 2.24) is 19.3 Å². The number of para-hydroxylation sites is 1. The van der Waals surface area contributed by atoms with Crippen LogP contribution in [0.4, 0.5) is 5.82 Å². The highest BCUT2D eigenvalue weighted by molar-refractivity contribution is 6.05. The number of hydrogen-bond donors (Lipinski definition) is 0. The highest BCUT2D eigenvalue weighted by Gasteiger charge is 2.28. The highest BCUT2D eigenvalue weighted by atomic mass is 16.5. The van der Waals surface area contributed by atoms with Crippen LogP contribution in [-0.4, -0.2) is 31.8 Å². The molecule has 1 amide bonds. The van der Waals surface area contributed by atoms with Gasteiger partial charge in [-0.25, -0.2) is 4.98 Å². The fourth-order valence-electron chi connectivity index (χ4n) is 2.82. The molecule has 2 aromatic heterocycles. The molecule has 1 aliphatic heterocycles. The van der Waals surface area contributed by atoms with Crippen LogP contribution >= 0.6 is 0 Å². The summed E-state index contributed by atoms with van der Waals surface area (Å²) in [4.78, 5) is 18.5. The average molecular weight is 323 g/mol. The van der Waals surface area contributed by atoms with E-state index in [2.05, 4.69) is 10.1 Å². The van der Waals surface area contributed by atoms with E-state index in [1.165, 1.54) is 0 Å². The second-order valence-electron chi connectivity index (χ2n) is 5.67. The van der Waals surface area contributed by atoms with Gasteiger partial charge < -0.3 is 9.30 Å². The van der Waals surface area contributed by atoms with Crippen molar-refractivity contribution in [1.29, 1.82) is 0 Å². The Kier molecular flexibility index (Phi) is 3.53. The van der Waals surface area contributed by atoms with Gasteiger partial charge in [-0.1, -0.05) is 18.2 Å². The average Bonchev–Trinajstić information content (AvgIpc) is 3.21. The Bertz CT molecular complexity index is 868. The number of nitrogens with zero attached hydrogens (tertiary/aromatic N) is 5. The minimum absolute atomic E-state index is 0.0664. The quantitative estimate of drug-likeness (QED) is 0.735. The molecule has 3 aromatic rings. The molecule has 0 N–H and O–H groups in total. The molecule has 0 unspecified atom stereocenters. The van der Waals surface area contributed by atoms with Gasteiger partial charge in [0.25, 0.3) is 5.91 Å². The van der Waals surface area contributed by atoms with E-state index >= 15 is 0 Å². The molecule has 4 rings (SSSR count). The smallest absolute Gasteiger partial charge is 0.277 e. The van der Waals surface area contributed by atoms with E-state index in [0.29, 0.717) is 25.4 Å². The molecule has 7 nitrogen and oxygen atoms in total. The molecule has 1 aromatic carbocycles. The topological polar surface area (TPSA) is 65.2 Å². The van der Waals surface area contributed by atoms with Crippen molar-refractivity contribution < 1.29 is 9.53 Å². The van der Waals surface area contributed by atoms with Gasteiger partial charge in [-0.2, -0.15) is 5.10 Å². The molecule has 0 spiro atoms. The number of carbonyl (C=O) groups is 1. The predicted molar refractivity (Wildman–Crippen MR) is 87.9 cm³/mol. The van der Waals surface area contributed by atoms with Crippen molar-refractivity contribution in [2.45, 2.75) is 13.2 Å². The number of rotatable bonds is 4. The molecule has 0 radical (unpaired) electrons. The largest absolute Gasteiger partial charge is 0.487 e. The van der Waals surface area contributed by atoms with E-state index in [4.69, 9.17) is 4.74 Å². The monoisotopic (exact) mass is 323 g/mol. The van der Waals surface area contributed by atoms with Crippen molar-refractivity contribution in [3.05, 3.63) is 60.3 Å². The summed E-state index contributed by atoms with van der Waals surface area (Å²) < 4.78 is 9.29. The van der Waals surface area contributed by atoms with Crippen molar-refractivity contribution in [2.75, 3.05) is 11.4 Å². The SMILES string of the molecule is Cn1cncc1N1CCn2nc(COc3ccccc3)cc2C1=O. The number of ether oxygens (including phenoxy) is 1. The summed E-state index contributed by atoms with van der Waals surface area (Å²) >= 11 is 0. The molecule has 0 aliphatic carbocycles. The van der Waals surface area contributed by atoms with E-state index in [1.807, 2.05) is 41.9 Å². The molecular weight excluding hydrogens is 306 g/mol. The van der Waals surface area contributed by atoms with E-state index in [-0.39, 0.29) is 5.91 Å². The molecular formula is C17H17N5O2. The van der Waals surface area contributed by atoms with E-state index < -0.39 is 0 Å². The molecule has 3 heterocycles. The standard InChI is InChI=1S/C17H17N5O2/c1-20-12-18-10-16(20)21-7-8-22-15(17(21)23)9-13(19-22)11-24-14-5-3-2-4-6-14/h2-6,9-10,12H,7-8,11H2,1H3. The Morgan fingerprint density at radius 3 is 2.79 bits per heavy atom. The van der Waals surface area contributed by atoms with Crippen molar-refractivity contribution >= 4 is 11.7 Å². The number of imidazole rings is 1. The number of aromatic nitrogens is 4. The van der Waals surface area contributed by atoms with Crippen LogP contribution in [0.3, 0.4) is 0 Å². The first-order valence-corrected chi connectivity index (χ1v) is 7.75. The first-order valence-electron chi connectivity index (χ1n) is 7.75. The summed E-state index contributed by atoms with van der Waals surface area (Å²) in [6.45, 7) is 1.56. The van der Waals surface area contributed by atoms with Crippen LogP contribution in [-0.2, 0) is 20.2 Å². The first-order chi connectivity index (χ1) is 11.7. The van der Waals surface area contributed by atoms with E-state index in [0.717, 1.165) is 17.3 Å². The lowest BCUT2D eigenvalue weighted by atomic mass is 10.2. The van der Waals surface area contributed by atoms with Crippen LogP contribution in [0.1, 0.15) is 16.2 Å². The maximum absolute atomic E-state index is 12.7. The summed E-state index contributed by atoms with van der Waals surface area (Å²) in [5.74, 6) is 1.50. The fourth-order valence-corrected chi connectivity index (χ4v) is 2.82. The first kappa shape index (κ1) is 14.5. The number of hydrogen-bond acceptors (Lipinski definition) is 4. The molecule has 0 saturated carbocycles. The number of anilines is 1. The summed E-state index contributed by atoms with van der Waals surface area (Å²) in [5.41, 5.74) is 1.32. The van der Waals surface area contributed by atoms with Crippen LogP contribution in [0, 0.1) is 0 Å². The second-order valence-corrected chi connectivity index (χ2v) is 5.67. The zero-order valence-electron chi connectivity index (χ0n) is 13.3. The van der Waals surface area contributed by atoms with Gasteiger partial charge >= 0.3 is 0 Å². The molecule has 0 atom stereocenters. The molecule has 122 valence electrons. The molecule has 1 aliphatic rings. The number of amides is 1. The zero-order chi connectivity index (χ0) is 16.5. The molecule has 24 heavy (non-hydrogen) atoms. The van der Waals surface area contributed by atoms with Gasteiger partial charge in [0.2, 0.25) is 0 Å². The lowest BCUT2D eigenvalue weighted by molar-refractivity contribution is 0.0960. The van der Waals surface area contributed by atoms with Gasteiger partial charge in [-0.05, 0) is 18.2 Å². The van der Waals surface area contributed by atoms with Gasteiger partial charge in [0, 0.05) is 13.6 Å². The summed E-state index contributed by atoms with van der Waals surface area (Å²) in [5, 5.41) is 4.48. The zero-order valence-corrected chi connectivity index (χ0v) is 13.3. The van der Waals surface area contributed by atoms with Gasteiger partial charge in [0.05, 0.1) is 19.1 Å². The number of benzene rings is 1. The Morgan fingerprint density at radius 1 is 1.21 bits per heavy atom. The molecule has 0 fully saturated rings. The van der Waals surface area contributed by atoms with Gasteiger partial charge in [0.1, 0.15) is 29.6 Å². The van der Waals surface area contributed by atoms with Gasteiger partial charge in [0.15, 0.2) is 0 Å². The predicted octanol–water partition coefficient (Wildman–Crippen LogP) is 1.86. The fraction of sp³-hybridized carbons (Fsp3) is 0.235. The Labute approximate surface area is 139 Å². The second kappa shape index (κ2) is 5.84. The lowest BCUT2D eigenvalue weighted by Crippen LogP contribution is -2.41. The third kappa shape index (κ3) is 2.54. The van der Waals surface area contributed by atoms with Gasteiger partial charge in [-0.15, -0.1) is 0 Å². The number of fused-ring (bicyclic) bond motifs is 1. The summed E-state index contributed by atoms with van der Waals surface area (Å²) in [7, 11) is 1.88.